The summed E-state index contributed by atoms with van der Waals surface area (Å²) in [6.07, 6.45) is 0. The Kier molecular flexibility index (Phi) is 7.63. The van der Waals surface area contributed by atoms with Crippen molar-refractivity contribution in [1.82, 2.24) is 19.9 Å². The van der Waals surface area contributed by atoms with Gasteiger partial charge in [0.05, 0.1) is 39.5 Å². The number of pyridine rings is 2. The summed E-state index contributed by atoms with van der Waals surface area (Å²) in [5.74, 6) is 0.884. The molecule has 2 aromatic carbocycles. The van der Waals surface area contributed by atoms with Crippen LogP contribution in [0.15, 0.2) is 66.7 Å². The number of methoxy groups -OCH3 is 4. The summed E-state index contributed by atoms with van der Waals surface area (Å²) in [6.45, 7) is 0. The number of fused-ring (bicyclic) bond motifs is 1. The van der Waals surface area contributed by atoms with Crippen molar-refractivity contribution in [3.05, 3.63) is 77.9 Å². The van der Waals surface area contributed by atoms with E-state index in [4.69, 9.17) is 18.9 Å². The van der Waals surface area contributed by atoms with Crippen molar-refractivity contribution in [2.24, 2.45) is 0 Å². The maximum Gasteiger partial charge on any atom is 0.261 e. The summed E-state index contributed by atoms with van der Waals surface area (Å²) in [6, 6.07) is 18.9. The normalized spacial score (nSPS) is 10.6. The summed E-state index contributed by atoms with van der Waals surface area (Å²) >= 11 is 0. The van der Waals surface area contributed by atoms with E-state index in [1.54, 1.807) is 48.5 Å². The molecule has 0 saturated carbocycles. The molecule has 0 saturated heterocycles. The maximum absolute atomic E-state index is 12.9. The fourth-order valence-electron chi connectivity index (χ4n) is 4.06. The van der Waals surface area contributed by atoms with E-state index in [-0.39, 0.29) is 34.7 Å². The Hall–Kier alpha value is -5.65. The smallest absolute Gasteiger partial charge is 0.261 e. The van der Waals surface area contributed by atoms with Gasteiger partial charge in [-0.25, -0.2) is 4.98 Å². The summed E-state index contributed by atoms with van der Waals surface area (Å²) in [5.41, 5.74) is 3.94. The molecule has 5 aromatic rings. The second-order valence-corrected chi connectivity index (χ2v) is 8.62. The number of hydrogen-bond donors (Lipinski definition) is 3. The Labute approximate surface area is 234 Å². The van der Waals surface area contributed by atoms with Crippen LogP contribution < -0.4 is 29.6 Å². The lowest BCUT2D eigenvalue weighted by Crippen LogP contribution is -2.14. The van der Waals surface area contributed by atoms with Crippen LogP contribution in [0.3, 0.4) is 0 Å². The quantitative estimate of drug-likeness (QED) is 0.238. The van der Waals surface area contributed by atoms with Crippen molar-refractivity contribution in [3.8, 4) is 34.9 Å². The van der Waals surface area contributed by atoms with E-state index >= 15 is 0 Å². The van der Waals surface area contributed by atoms with Gasteiger partial charge in [-0.2, -0.15) is 9.97 Å². The molecule has 0 spiro atoms. The van der Waals surface area contributed by atoms with Crippen LogP contribution >= 0.6 is 0 Å². The molecule has 3 heterocycles. The number of nitrogens with zero attached hydrogens (tertiary/aromatic N) is 3. The molecule has 0 fully saturated rings. The van der Waals surface area contributed by atoms with Crippen LogP contribution in [0.5, 0.6) is 23.5 Å². The number of imidazole rings is 1. The van der Waals surface area contributed by atoms with E-state index in [2.05, 4.69) is 30.6 Å². The fraction of sp³-hybridized carbons (Fsp3) is 0.138. The zero-order chi connectivity index (χ0) is 28.9. The van der Waals surface area contributed by atoms with Gasteiger partial charge in [-0.3, -0.25) is 9.59 Å². The molecule has 208 valence electrons. The zero-order valence-corrected chi connectivity index (χ0v) is 22.6. The van der Waals surface area contributed by atoms with E-state index in [1.807, 2.05) is 18.2 Å². The van der Waals surface area contributed by atoms with Crippen LogP contribution in [0.4, 0.5) is 11.4 Å². The number of H-pyrrole nitrogens is 1. The number of aromatic amines is 1. The van der Waals surface area contributed by atoms with E-state index in [0.717, 1.165) is 11.1 Å². The Morgan fingerprint density at radius 2 is 1.17 bits per heavy atom. The Bertz CT molecular complexity index is 1730. The van der Waals surface area contributed by atoms with Crippen molar-refractivity contribution in [2.45, 2.75) is 0 Å². The SMILES string of the molecule is COc1ccc(C(=O)Nc2ccc(-c3nc4cc(NC(=O)c5ccc(OC)nc5OC)ccc4[nH]3)cc2)c(OC)n1. The van der Waals surface area contributed by atoms with Gasteiger partial charge < -0.3 is 34.6 Å². The Balaban J connectivity index is 1.30. The number of amides is 2. The van der Waals surface area contributed by atoms with Gasteiger partial charge in [0.1, 0.15) is 17.0 Å². The van der Waals surface area contributed by atoms with Crippen LogP contribution in [0, 0.1) is 0 Å². The van der Waals surface area contributed by atoms with Crippen LogP contribution in [0.25, 0.3) is 22.4 Å². The number of aromatic nitrogens is 4. The van der Waals surface area contributed by atoms with Crippen molar-refractivity contribution in [3.63, 3.8) is 0 Å². The fourth-order valence-corrected chi connectivity index (χ4v) is 4.06. The van der Waals surface area contributed by atoms with Crippen LogP contribution in [-0.2, 0) is 0 Å². The first-order valence-electron chi connectivity index (χ1n) is 12.3. The van der Waals surface area contributed by atoms with E-state index < -0.39 is 0 Å². The van der Waals surface area contributed by atoms with Crippen molar-refractivity contribution in [1.29, 1.82) is 0 Å². The highest BCUT2D eigenvalue weighted by Gasteiger charge is 2.17. The number of hydrogen-bond acceptors (Lipinski definition) is 9. The molecular formula is C29H26N6O6. The lowest BCUT2D eigenvalue weighted by Gasteiger charge is -2.10. The van der Waals surface area contributed by atoms with E-state index in [9.17, 15) is 9.59 Å². The van der Waals surface area contributed by atoms with Gasteiger partial charge >= 0.3 is 0 Å². The van der Waals surface area contributed by atoms with Gasteiger partial charge in [0.15, 0.2) is 0 Å². The van der Waals surface area contributed by atoms with Gasteiger partial charge in [0.2, 0.25) is 23.5 Å². The largest absolute Gasteiger partial charge is 0.481 e. The van der Waals surface area contributed by atoms with Gasteiger partial charge in [-0.05, 0) is 54.6 Å². The third-order valence-electron chi connectivity index (χ3n) is 6.12. The van der Waals surface area contributed by atoms with E-state index in [1.165, 1.54) is 28.4 Å². The molecule has 2 amide bonds. The number of nitrogens with one attached hydrogen (secondary N) is 3. The topological polar surface area (TPSA) is 150 Å². The minimum atomic E-state index is -0.382. The first-order valence-corrected chi connectivity index (χ1v) is 12.3. The molecule has 41 heavy (non-hydrogen) atoms. The number of carbonyl (C=O) groups excluding carboxylic acids is 2. The highest BCUT2D eigenvalue weighted by Crippen LogP contribution is 2.27. The average molecular weight is 555 g/mol. The maximum atomic E-state index is 12.9. The molecule has 0 unspecified atom stereocenters. The monoisotopic (exact) mass is 554 g/mol. The van der Waals surface area contributed by atoms with Gasteiger partial charge in [0.25, 0.3) is 11.8 Å². The molecule has 0 aliphatic rings. The second-order valence-electron chi connectivity index (χ2n) is 8.62. The predicted molar refractivity (Wildman–Crippen MR) is 152 cm³/mol. The molecule has 0 atom stereocenters. The molecule has 0 aliphatic carbocycles. The minimum absolute atomic E-state index is 0.157. The number of anilines is 2. The first-order chi connectivity index (χ1) is 19.9. The van der Waals surface area contributed by atoms with Gasteiger partial charge in [-0.15, -0.1) is 0 Å². The Morgan fingerprint density at radius 1 is 0.634 bits per heavy atom. The van der Waals surface area contributed by atoms with Crippen molar-refractivity contribution in [2.75, 3.05) is 39.1 Å². The van der Waals surface area contributed by atoms with Gasteiger partial charge in [0, 0.05) is 29.1 Å². The molecule has 0 aliphatic heterocycles. The predicted octanol–water partition coefficient (Wildman–Crippen LogP) is 4.56. The minimum Gasteiger partial charge on any atom is -0.481 e. The highest BCUT2D eigenvalue weighted by molar-refractivity contribution is 6.07. The molecule has 12 heteroatoms. The third-order valence-corrected chi connectivity index (χ3v) is 6.12. The standard InChI is InChI=1S/C29H26N6O6/c1-38-23-13-10-19(28(34-23)40-3)26(36)30-17-7-5-16(6-8-17)25-32-21-12-9-18(15-22(21)33-25)31-27(37)20-11-14-24(39-2)35-29(20)41-4/h5-15H,1-4H3,(H,30,36)(H,31,37)(H,32,33). The van der Waals surface area contributed by atoms with Crippen LogP contribution in [-0.4, -0.2) is 60.2 Å². The third kappa shape index (κ3) is 5.71. The number of ether oxygens (including phenoxy) is 4. The van der Waals surface area contributed by atoms with Crippen molar-refractivity contribution >= 4 is 34.2 Å². The highest BCUT2D eigenvalue weighted by atomic mass is 16.5. The van der Waals surface area contributed by atoms with E-state index in [0.29, 0.717) is 34.5 Å². The number of carbonyl (C=O) groups is 2. The first kappa shape index (κ1) is 26.9. The molecule has 0 bridgehead atoms. The van der Waals surface area contributed by atoms with Crippen LogP contribution in [0.2, 0.25) is 0 Å². The lowest BCUT2D eigenvalue weighted by atomic mass is 10.2. The number of benzene rings is 2. The Morgan fingerprint density at radius 3 is 1.71 bits per heavy atom. The molecule has 0 radical (unpaired) electrons. The zero-order valence-electron chi connectivity index (χ0n) is 22.6. The molecular weight excluding hydrogens is 528 g/mol. The molecule has 3 N–H and O–H groups in total. The van der Waals surface area contributed by atoms with Crippen LogP contribution in [0.1, 0.15) is 20.7 Å². The summed E-state index contributed by atoms with van der Waals surface area (Å²) < 4.78 is 20.6. The summed E-state index contributed by atoms with van der Waals surface area (Å²) in [7, 11) is 5.85. The molecule has 12 nitrogen and oxygen atoms in total. The molecule has 3 aromatic heterocycles. The lowest BCUT2D eigenvalue weighted by molar-refractivity contribution is 0.101. The average Bonchev–Trinajstić information content (AvgIpc) is 3.44. The molecule has 5 rings (SSSR count). The second kappa shape index (κ2) is 11.6. The van der Waals surface area contributed by atoms with Crippen molar-refractivity contribution < 1.29 is 28.5 Å². The summed E-state index contributed by atoms with van der Waals surface area (Å²) in [4.78, 5) is 41.9. The van der Waals surface area contributed by atoms with Gasteiger partial charge in [-0.1, -0.05) is 0 Å². The number of rotatable bonds is 9. The summed E-state index contributed by atoms with van der Waals surface area (Å²) in [5, 5.41) is 5.69.